The number of benzene rings is 2. The molecule has 1 aliphatic heterocycles. The van der Waals surface area contributed by atoms with Crippen molar-refractivity contribution >= 4 is 12.0 Å². The second-order valence-corrected chi connectivity index (χ2v) is 13.7. The standard InChI is InChI=1S/C35H46N2O7/c1-23(2)14-30(36-33(39)41-21-25-12-8-5-9-13-25)32(38)37-31(20-24-10-6-4-7-11-24)34(22-40-3)42-35(44-43-34)28-16-26-15-27(18-28)19-29(35)17-26/h4-13,23,26-31H,14-22H2,1-3H3,(H,36,39)(H,37,38)/t26?,27?,28?,29?,30-,31-,34?,35?/m0/s1. The van der Waals surface area contributed by atoms with Crippen molar-refractivity contribution < 1.29 is 33.6 Å². The number of alkyl carbamates (subject to hydrolysis) is 1. The van der Waals surface area contributed by atoms with Gasteiger partial charge in [-0.05, 0) is 73.8 Å². The first-order valence-corrected chi connectivity index (χ1v) is 16.2. The Morgan fingerprint density at radius 3 is 2.07 bits per heavy atom. The van der Waals surface area contributed by atoms with Crippen molar-refractivity contribution in [1.82, 2.24) is 10.6 Å². The van der Waals surface area contributed by atoms with Crippen LogP contribution in [0.4, 0.5) is 4.79 Å². The molecular weight excluding hydrogens is 560 g/mol. The maximum absolute atomic E-state index is 14.0. The highest BCUT2D eigenvalue weighted by Crippen LogP contribution is 2.63. The fraction of sp³-hybridized carbons (Fsp3) is 0.600. The van der Waals surface area contributed by atoms with E-state index in [4.69, 9.17) is 24.0 Å². The average molecular weight is 607 g/mol. The molecule has 0 aromatic heterocycles. The van der Waals surface area contributed by atoms with E-state index in [0.717, 1.165) is 48.6 Å². The van der Waals surface area contributed by atoms with E-state index >= 15 is 0 Å². The lowest BCUT2D eigenvalue weighted by atomic mass is 9.53. The third-order valence-electron chi connectivity index (χ3n) is 9.93. The summed E-state index contributed by atoms with van der Waals surface area (Å²) >= 11 is 0. The minimum Gasteiger partial charge on any atom is -0.445 e. The van der Waals surface area contributed by atoms with Crippen LogP contribution in [0.15, 0.2) is 60.7 Å². The summed E-state index contributed by atoms with van der Waals surface area (Å²) in [6.45, 7) is 4.21. The number of carbonyl (C=O) groups is 2. The monoisotopic (exact) mass is 606 g/mol. The summed E-state index contributed by atoms with van der Waals surface area (Å²) in [7, 11) is 1.60. The molecule has 3 atom stereocenters. The van der Waals surface area contributed by atoms with Gasteiger partial charge in [-0.3, -0.25) is 4.79 Å². The average Bonchev–Trinajstić information content (AvgIpc) is 3.40. The van der Waals surface area contributed by atoms with E-state index in [0.29, 0.717) is 12.8 Å². The van der Waals surface area contributed by atoms with Gasteiger partial charge in [0.25, 0.3) is 0 Å². The first-order chi connectivity index (χ1) is 21.3. The summed E-state index contributed by atoms with van der Waals surface area (Å²) in [6.07, 6.45) is 5.78. The molecule has 4 saturated carbocycles. The molecule has 0 radical (unpaired) electrons. The fourth-order valence-corrected chi connectivity index (χ4v) is 8.12. The van der Waals surface area contributed by atoms with Gasteiger partial charge in [-0.15, -0.1) is 0 Å². The van der Waals surface area contributed by atoms with Crippen molar-refractivity contribution in [2.45, 2.75) is 89.1 Å². The molecule has 5 fully saturated rings. The molecule has 5 aliphatic rings. The van der Waals surface area contributed by atoms with E-state index in [-0.39, 0.29) is 36.9 Å². The van der Waals surface area contributed by atoms with Gasteiger partial charge in [0.1, 0.15) is 19.3 Å². The molecule has 1 heterocycles. The maximum Gasteiger partial charge on any atom is 0.408 e. The third-order valence-corrected chi connectivity index (χ3v) is 9.93. The number of carbonyl (C=O) groups excluding carboxylic acids is 2. The van der Waals surface area contributed by atoms with Gasteiger partial charge < -0.3 is 24.8 Å². The van der Waals surface area contributed by atoms with Gasteiger partial charge in [-0.25, -0.2) is 4.79 Å². The van der Waals surface area contributed by atoms with Crippen LogP contribution >= 0.6 is 0 Å². The van der Waals surface area contributed by atoms with Gasteiger partial charge in [-0.1, -0.05) is 74.5 Å². The molecule has 238 valence electrons. The first kappa shape index (κ1) is 31.0. The Labute approximate surface area is 260 Å². The normalized spacial score (nSPS) is 31.6. The van der Waals surface area contributed by atoms with Crippen molar-refractivity contribution in [3.8, 4) is 0 Å². The number of nitrogens with one attached hydrogen (secondary N) is 2. The molecule has 4 aliphatic carbocycles. The number of rotatable bonds is 12. The van der Waals surface area contributed by atoms with Gasteiger partial charge in [0.15, 0.2) is 0 Å². The number of amides is 2. The molecular formula is C35H46N2O7. The lowest BCUT2D eigenvalue weighted by Gasteiger charge is -2.57. The topological polar surface area (TPSA) is 104 Å². The highest BCUT2D eigenvalue weighted by Gasteiger charge is 2.68. The lowest BCUT2D eigenvalue weighted by Crippen LogP contribution is -2.64. The van der Waals surface area contributed by atoms with Crippen LogP contribution in [0.3, 0.4) is 0 Å². The predicted octanol–water partition coefficient (Wildman–Crippen LogP) is 5.53. The fourth-order valence-electron chi connectivity index (χ4n) is 8.12. The second-order valence-electron chi connectivity index (χ2n) is 13.7. The molecule has 44 heavy (non-hydrogen) atoms. The second kappa shape index (κ2) is 13.2. The predicted molar refractivity (Wildman–Crippen MR) is 163 cm³/mol. The molecule has 2 aromatic rings. The van der Waals surface area contributed by atoms with Crippen molar-refractivity contribution in [1.29, 1.82) is 0 Å². The van der Waals surface area contributed by atoms with Gasteiger partial charge in [0.05, 0.1) is 6.04 Å². The largest absolute Gasteiger partial charge is 0.445 e. The van der Waals surface area contributed by atoms with Crippen LogP contribution in [0.5, 0.6) is 0 Å². The molecule has 1 unspecified atom stereocenters. The summed E-state index contributed by atoms with van der Waals surface area (Å²) in [5, 5.41) is 6.01. The number of ether oxygens (including phenoxy) is 3. The minimum atomic E-state index is -1.37. The van der Waals surface area contributed by atoms with E-state index in [1.165, 1.54) is 6.42 Å². The highest BCUT2D eigenvalue weighted by molar-refractivity contribution is 5.86. The summed E-state index contributed by atoms with van der Waals surface area (Å²) in [5.74, 6) is -0.479. The Kier molecular flexibility index (Phi) is 9.29. The van der Waals surface area contributed by atoms with Crippen molar-refractivity contribution in [3.05, 3.63) is 71.8 Å². The molecule has 2 amide bonds. The van der Waals surface area contributed by atoms with E-state index in [1.807, 2.05) is 74.5 Å². The van der Waals surface area contributed by atoms with Crippen LogP contribution in [0.1, 0.15) is 63.5 Å². The third kappa shape index (κ3) is 6.52. The SMILES string of the molecule is COCC1([C@H](Cc2ccccc2)NC(=O)[C@H](CC(C)C)NC(=O)OCc2ccccc2)OOC2(O1)C1CC3CC(C1)CC2C3. The Hall–Kier alpha value is -2.98. The van der Waals surface area contributed by atoms with Crippen LogP contribution in [-0.2, 0) is 41.8 Å². The number of methoxy groups -OCH3 is 1. The summed E-state index contributed by atoms with van der Waals surface area (Å²) < 4.78 is 18.2. The quantitative estimate of drug-likeness (QED) is 0.306. The zero-order chi connectivity index (χ0) is 30.7. The van der Waals surface area contributed by atoms with Gasteiger partial charge in [0, 0.05) is 18.9 Å². The lowest BCUT2D eigenvalue weighted by molar-refractivity contribution is -0.391. The van der Waals surface area contributed by atoms with Crippen LogP contribution in [0, 0.1) is 29.6 Å². The highest BCUT2D eigenvalue weighted by atomic mass is 17.3. The van der Waals surface area contributed by atoms with Crippen molar-refractivity contribution in [2.75, 3.05) is 13.7 Å². The van der Waals surface area contributed by atoms with Crippen LogP contribution < -0.4 is 10.6 Å². The van der Waals surface area contributed by atoms with E-state index in [1.54, 1.807) is 7.11 Å². The van der Waals surface area contributed by atoms with Crippen molar-refractivity contribution in [3.63, 3.8) is 0 Å². The Bertz CT molecular complexity index is 1240. The van der Waals surface area contributed by atoms with E-state index in [9.17, 15) is 9.59 Å². The van der Waals surface area contributed by atoms with Crippen LogP contribution in [0.25, 0.3) is 0 Å². The summed E-state index contributed by atoms with van der Waals surface area (Å²) in [5.41, 5.74) is 1.87. The molecule has 1 spiro atoms. The van der Waals surface area contributed by atoms with E-state index in [2.05, 4.69) is 10.6 Å². The number of hydrogen-bond donors (Lipinski definition) is 2. The van der Waals surface area contributed by atoms with Gasteiger partial charge >= 0.3 is 6.09 Å². The zero-order valence-electron chi connectivity index (χ0n) is 26.0. The molecule has 7 rings (SSSR count). The Morgan fingerprint density at radius 1 is 0.864 bits per heavy atom. The molecule has 9 heteroatoms. The molecule has 1 saturated heterocycles. The Morgan fingerprint density at radius 2 is 1.48 bits per heavy atom. The molecule has 9 nitrogen and oxygen atoms in total. The van der Waals surface area contributed by atoms with Crippen molar-refractivity contribution in [2.24, 2.45) is 29.6 Å². The number of hydrogen-bond acceptors (Lipinski definition) is 7. The summed E-state index contributed by atoms with van der Waals surface area (Å²) in [4.78, 5) is 39.4. The summed E-state index contributed by atoms with van der Waals surface area (Å²) in [6, 6.07) is 17.9. The minimum absolute atomic E-state index is 0.0697. The molecule has 4 bridgehead atoms. The zero-order valence-corrected chi connectivity index (χ0v) is 26.0. The first-order valence-electron chi connectivity index (χ1n) is 16.2. The maximum atomic E-state index is 14.0. The molecule has 2 N–H and O–H groups in total. The van der Waals surface area contributed by atoms with Gasteiger partial charge in [0.2, 0.25) is 17.5 Å². The van der Waals surface area contributed by atoms with E-state index < -0.39 is 29.8 Å². The van der Waals surface area contributed by atoms with Crippen LogP contribution in [-0.4, -0.2) is 49.4 Å². The Balaban J connectivity index is 1.22. The van der Waals surface area contributed by atoms with Gasteiger partial charge in [-0.2, -0.15) is 9.78 Å². The molecule has 2 aromatic carbocycles. The van der Waals surface area contributed by atoms with Crippen LogP contribution in [0.2, 0.25) is 0 Å². The smallest absolute Gasteiger partial charge is 0.408 e.